The van der Waals surface area contributed by atoms with Crippen molar-refractivity contribution in [1.29, 1.82) is 0 Å². The van der Waals surface area contributed by atoms with Crippen LogP contribution in [0, 0.1) is 0 Å². The highest BCUT2D eigenvalue weighted by molar-refractivity contribution is 5.98. The van der Waals surface area contributed by atoms with E-state index < -0.39 is 24.5 Å². The van der Waals surface area contributed by atoms with Gasteiger partial charge in [0.25, 0.3) is 5.91 Å². The number of esters is 1. The molecule has 0 saturated heterocycles. The molecule has 6 heteroatoms. The number of nitrogens with one attached hydrogen (secondary N) is 1. The van der Waals surface area contributed by atoms with Gasteiger partial charge in [-0.1, -0.05) is 72.8 Å². The lowest BCUT2D eigenvalue weighted by atomic mass is 10.0. The summed E-state index contributed by atoms with van der Waals surface area (Å²) in [5, 5.41) is 2.49. The summed E-state index contributed by atoms with van der Waals surface area (Å²) < 4.78 is 10.4. The summed E-state index contributed by atoms with van der Waals surface area (Å²) in [4.78, 5) is 36.3. The molecule has 1 N–H and O–H groups in total. The minimum absolute atomic E-state index is 0.228. The lowest BCUT2D eigenvalue weighted by Crippen LogP contribution is -2.42. The zero-order chi connectivity index (χ0) is 22.1. The van der Waals surface area contributed by atoms with E-state index in [1.807, 2.05) is 48.5 Å². The second-order valence-electron chi connectivity index (χ2n) is 6.87. The topological polar surface area (TPSA) is 81.7 Å². The summed E-state index contributed by atoms with van der Waals surface area (Å²) in [6, 6.07) is 24.9. The summed E-state index contributed by atoms with van der Waals surface area (Å²) in [6.45, 7) is 0.862. The fourth-order valence-corrected chi connectivity index (χ4v) is 2.83. The standard InChI is InChI=1S/C25H23NO5/c1-18(26-24(28)17-30-22-10-6-3-7-11-22)25(29)31-16-23(27)21-14-12-20(13-15-21)19-8-4-2-5-9-19/h2-15,18H,16-17H2,1H3,(H,26,28)/t18-/m0/s1. The number of carbonyl (C=O) groups excluding carboxylic acids is 3. The van der Waals surface area contributed by atoms with E-state index in [4.69, 9.17) is 9.47 Å². The van der Waals surface area contributed by atoms with E-state index in [2.05, 4.69) is 5.32 Å². The molecule has 3 aromatic carbocycles. The molecule has 0 bridgehead atoms. The van der Waals surface area contributed by atoms with Crippen LogP contribution in [0.25, 0.3) is 11.1 Å². The molecular weight excluding hydrogens is 394 g/mol. The molecule has 3 aromatic rings. The predicted octanol–water partition coefficient (Wildman–Crippen LogP) is 3.66. The normalized spacial score (nSPS) is 11.3. The number of benzene rings is 3. The molecule has 0 aromatic heterocycles. The molecule has 0 heterocycles. The van der Waals surface area contributed by atoms with Crippen LogP contribution >= 0.6 is 0 Å². The van der Waals surface area contributed by atoms with E-state index in [1.54, 1.807) is 36.4 Å². The smallest absolute Gasteiger partial charge is 0.328 e. The third-order valence-corrected chi connectivity index (χ3v) is 4.50. The van der Waals surface area contributed by atoms with E-state index in [0.29, 0.717) is 11.3 Å². The second-order valence-corrected chi connectivity index (χ2v) is 6.87. The molecule has 0 unspecified atom stereocenters. The molecule has 0 aliphatic carbocycles. The third-order valence-electron chi connectivity index (χ3n) is 4.50. The van der Waals surface area contributed by atoms with Crippen LogP contribution in [0.3, 0.4) is 0 Å². The van der Waals surface area contributed by atoms with Crippen molar-refractivity contribution in [2.75, 3.05) is 13.2 Å². The molecule has 1 atom stereocenters. The first-order valence-electron chi connectivity index (χ1n) is 9.85. The van der Waals surface area contributed by atoms with Gasteiger partial charge in [-0.15, -0.1) is 0 Å². The van der Waals surface area contributed by atoms with Gasteiger partial charge >= 0.3 is 5.97 Å². The number of hydrogen-bond acceptors (Lipinski definition) is 5. The molecule has 3 rings (SSSR count). The Morgan fingerprint density at radius 3 is 2.00 bits per heavy atom. The number of rotatable bonds is 9. The third kappa shape index (κ3) is 6.54. The Hall–Kier alpha value is -3.93. The highest BCUT2D eigenvalue weighted by atomic mass is 16.5. The maximum absolute atomic E-state index is 12.3. The molecule has 0 fully saturated rings. The molecule has 0 aliphatic heterocycles. The van der Waals surface area contributed by atoms with Gasteiger partial charge in [0.15, 0.2) is 19.0 Å². The van der Waals surface area contributed by atoms with Crippen molar-refractivity contribution in [3.05, 3.63) is 90.5 Å². The van der Waals surface area contributed by atoms with Crippen LogP contribution in [-0.4, -0.2) is 36.9 Å². The Kier molecular flexibility index (Phi) is 7.54. The van der Waals surface area contributed by atoms with Crippen LogP contribution in [0.4, 0.5) is 0 Å². The molecule has 158 valence electrons. The molecule has 0 spiro atoms. The van der Waals surface area contributed by atoms with Gasteiger partial charge in [0.05, 0.1) is 0 Å². The van der Waals surface area contributed by atoms with Gasteiger partial charge < -0.3 is 14.8 Å². The zero-order valence-corrected chi connectivity index (χ0v) is 17.1. The summed E-state index contributed by atoms with van der Waals surface area (Å²) in [7, 11) is 0. The summed E-state index contributed by atoms with van der Waals surface area (Å²) in [5.41, 5.74) is 2.48. The van der Waals surface area contributed by atoms with Crippen LogP contribution < -0.4 is 10.1 Å². The minimum Gasteiger partial charge on any atom is -0.484 e. The highest BCUT2D eigenvalue weighted by Gasteiger charge is 2.19. The maximum Gasteiger partial charge on any atom is 0.328 e. The first-order valence-corrected chi connectivity index (χ1v) is 9.85. The van der Waals surface area contributed by atoms with E-state index in [9.17, 15) is 14.4 Å². The van der Waals surface area contributed by atoms with Crippen LogP contribution in [0.15, 0.2) is 84.9 Å². The molecule has 1 amide bonds. The Morgan fingerprint density at radius 1 is 0.774 bits per heavy atom. The molecular formula is C25H23NO5. The quantitative estimate of drug-likeness (QED) is 0.424. The molecule has 0 radical (unpaired) electrons. The van der Waals surface area contributed by atoms with E-state index >= 15 is 0 Å². The van der Waals surface area contributed by atoms with Crippen molar-refractivity contribution in [3.63, 3.8) is 0 Å². The van der Waals surface area contributed by atoms with Crippen molar-refractivity contribution in [3.8, 4) is 16.9 Å². The number of hydrogen-bond donors (Lipinski definition) is 1. The largest absolute Gasteiger partial charge is 0.484 e. The van der Waals surface area contributed by atoms with Crippen LogP contribution in [-0.2, 0) is 14.3 Å². The number of amides is 1. The van der Waals surface area contributed by atoms with Gasteiger partial charge in [-0.05, 0) is 30.2 Å². The van der Waals surface area contributed by atoms with E-state index in [0.717, 1.165) is 11.1 Å². The average molecular weight is 417 g/mol. The summed E-state index contributed by atoms with van der Waals surface area (Å²) >= 11 is 0. The van der Waals surface area contributed by atoms with E-state index in [1.165, 1.54) is 6.92 Å². The number of Topliss-reactive ketones (excluding diaryl/α,β-unsaturated/α-hetero) is 1. The zero-order valence-electron chi connectivity index (χ0n) is 17.1. The fraction of sp³-hybridized carbons (Fsp3) is 0.160. The van der Waals surface area contributed by atoms with Gasteiger partial charge in [-0.2, -0.15) is 0 Å². The lowest BCUT2D eigenvalue weighted by molar-refractivity contribution is -0.146. The van der Waals surface area contributed by atoms with Crippen molar-refractivity contribution < 1.29 is 23.9 Å². The van der Waals surface area contributed by atoms with Crippen LogP contribution in [0.1, 0.15) is 17.3 Å². The van der Waals surface area contributed by atoms with Crippen LogP contribution in [0.5, 0.6) is 5.75 Å². The summed E-state index contributed by atoms with van der Waals surface area (Å²) in [5.74, 6) is -0.922. The maximum atomic E-state index is 12.3. The number of carbonyl (C=O) groups is 3. The number of ketones is 1. The van der Waals surface area contributed by atoms with Crippen LogP contribution in [0.2, 0.25) is 0 Å². The Balaban J connectivity index is 1.43. The van der Waals surface area contributed by atoms with Gasteiger partial charge in [0, 0.05) is 5.56 Å². The van der Waals surface area contributed by atoms with Gasteiger partial charge in [0.1, 0.15) is 11.8 Å². The lowest BCUT2D eigenvalue weighted by Gasteiger charge is -2.13. The van der Waals surface area contributed by atoms with Crippen molar-refractivity contribution in [1.82, 2.24) is 5.32 Å². The molecule has 0 aliphatic rings. The Labute approximate surface area is 180 Å². The van der Waals surface area contributed by atoms with Crippen molar-refractivity contribution >= 4 is 17.7 Å². The van der Waals surface area contributed by atoms with Gasteiger partial charge in [-0.25, -0.2) is 4.79 Å². The number of para-hydroxylation sites is 1. The SMILES string of the molecule is C[C@H](NC(=O)COc1ccccc1)C(=O)OCC(=O)c1ccc(-c2ccccc2)cc1. The highest BCUT2D eigenvalue weighted by Crippen LogP contribution is 2.19. The molecule has 31 heavy (non-hydrogen) atoms. The fourth-order valence-electron chi connectivity index (χ4n) is 2.83. The first kappa shape index (κ1) is 21.8. The molecule has 6 nitrogen and oxygen atoms in total. The van der Waals surface area contributed by atoms with E-state index in [-0.39, 0.29) is 12.4 Å². The average Bonchev–Trinajstić information content (AvgIpc) is 2.82. The summed E-state index contributed by atoms with van der Waals surface area (Å²) in [6.07, 6.45) is 0. The predicted molar refractivity (Wildman–Crippen MR) is 117 cm³/mol. The van der Waals surface area contributed by atoms with Gasteiger partial charge in [0.2, 0.25) is 0 Å². The Morgan fingerprint density at radius 2 is 1.35 bits per heavy atom. The molecule has 0 saturated carbocycles. The minimum atomic E-state index is -0.903. The number of ether oxygens (including phenoxy) is 2. The van der Waals surface area contributed by atoms with Gasteiger partial charge in [-0.3, -0.25) is 9.59 Å². The second kappa shape index (κ2) is 10.7. The monoisotopic (exact) mass is 417 g/mol. The van der Waals surface area contributed by atoms with Crippen molar-refractivity contribution in [2.45, 2.75) is 13.0 Å². The Bertz CT molecular complexity index is 1020. The van der Waals surface area contributed by atoms with Crippen molar-refractivity contribution in [2.24, 2.45) is 0 Å². The first-order chi connectivity index (χ1) is 15.0.